The lowest BCUT2D eigenvalue weighted by atomic mass is 10.3. The summed E-state index contributed by atoms with van der Waals surface area (Å²) < 4.78 is 25.2. The van der Waals surface area contributed by atoms with Crippen LogP contribution in [0.3, 0.4) is 0 Å². The number of aromatic nitrogens is 2. The van der Waals surface area contributed by atoms with Gasteiger partial charge in [0, 0.05) is 24.8 Å². The van der Waals surface area contributed by atoms with Crippen molar-refractivity contribution >= 4 is 19.4 Å². The Hall–Kier alpha value is -0.450. The van der Waals surface area contributed by atoms with Crippen LogP contribution in [0.25, 0.3) is 0 Å². The fourth-order valence-corrected chi connectivity index (χ4v) is 2.26. The van der Waals surface area contributed by atoms with Gasteiger partial charge in [-0.2, -0.15) is 9.19 Å². The van der Waals surface area contributed by atoms with Crippen LogP contribution in [-0.4, -0.2) is 28.5 Å². The first-order valence-corrected chi connectivity index (χ1v) is 7.11. The average molecular weight is 249 g/mol. The highest BCUT2D eigenvalue weighted by molar-refractivity contribution is 7.89. The maximum Gasteiger partial charge on any atom is 0.250 e. The maximum absolute atomic E-state index is 11.1. The molecule has 0 aromatic carbocycles. The number of hydrogen-bond acceptors (Lipinski definition) is 4. The molecule has 0 spiro atoms. The number of nitrogens with zero attached hydrogens (tertiary/aromatic N) is 3. The number of fused-ring (bicyclic) bond motifs is 1. The van der Waals surface area contributed by atoms with E-state index in [9.17, 15) is 8.42 Å². The largest absolute Gasteiger partial charge is 0.277 e. The summed E-state index contributed by atoms with van der Waals surface area (Å²) in [6.45, 7) is 5.44. The van der Waals surface area contributed by atoms with E-state index >= 15 is 0 Å². The molecule has 1 aliphatic heterocycles. The minimum atomic E-state index is -3.22. The van der Waals surface area contributed by atoms with E-state index in [-0.39, 0.29) is 0 Å². The number of rotatable bonds is 1. The van der Waals surface area contributed by atoms with E-state index in [1.807, 2.05) is 18.5 Å². The summed E-state index contributed by atoms with van der Waals surface area (Å²) in [5, 5.41) is 3.99. The Bertz CT molecular complexity index is 417. The zero-order valence-electron chi connectivity index (χ0n) is 9.14. The van der Waals surface area contributed by atoms with Crippen LogP contribution in [-0.2, 0) is 23.1 Å². The second-order valence-corrected chi connectivity index (χ2v) is 5.71. The van der Waals surface area contributed by atoms with Crippen molar-refractivity contribution in [2.75, 3.05) is 6.26 Å². The van der Waals surface area contributed by atoms with Crippen molar-refractivity contribution < 1.29 is 8.42 Å². The molecule has 1 unspecified atom stereocenters. The van der Waals surface area contributed by atoms with Gasteiger partial charge in [0.1, 0.15) is 0 Å². The summed E-state index contributed by atoms with van der Waals surface area (Å²) in [6, 6.07) is 0. The smallest absolute Gasteiger partial charge is 0.250 e. The summed E-state index contributed by atoms with van der Waals surface area (Å²) in [4.78, 5) is 0. The first-order valence-electron chi connectivity index (χ1n) is 4.74. The van der Waals surface area contributed by atoms with Crippen LogP contribution in [0.1, 0.15) is 25.1 Å². The zero-order chi connectivity index (χ0) is 11.6. The van der Waals surface area contributed by atoms with Gasteiger partial charge >= 0.3 is 0 Å². The highest BCUT2D eigenvalue weighted by atomic mass is 32.2. The summed E-state index contributed by atoms with van der Waals surface area (Å²) in [6.07, 6.45) is 2.72. The fraction of sp³-hybridized carbons (Fsp3) is 0.625. The van der Waals surface area contributed by atoms with E-state index in [2.05, 4.69) is 14.5 Å². The van der Waals surface area contributed by atoms with E-state index < -0.39 is 10.0 Å². The molecule has 1 aromatic heterocycles. The zero-order valence-corrected chi connectivity index (χ0v) is 11.1. The quantitative estimate of drug-likeness (QED) is 0.691. The summed E-state index contributed by atoms with van der Waals surface area (Å²) >= 11 is 0. The molecular formula is C8H16N3O2PS. The van der Waals surface area contributed by atoms with Gasteiger partial charge in [0.05, 0.1) is 11.9 Å². The molecule has 15 heavy (non-hydrogen) atoms. The van der Waals surface area contributed by atoms with Crippen molar-refractivity contribution in [2.24, 2.45) is 0 Å². The molecule has 2 heterocycles. The first kappa shape index (κ1) is 12.6. The minimum Gasteiger partial charge on any atom is -0.277 e. The molecule has 2 rings (SSSR count). The minimum absolute atomic E-state index is 0.697. The monoisotopic (exact) mass is 249 g/mol. The van der Waals surface area contributed by atoms with E-state index in [0.717, 1.165) is 28.1 Å². The second kappa shape index (κ2) is 4.60. The lowest BCUT2D eigenvalue weighted by molar-refractivity contribution is 0.496. The van der Waals surface area contributed by atoms with Crippen molar-refractivity contribution in [3.63, 3.8) is 0 Å². The fourth-order valence-electron chi connectivity index (χ4n) is 1.32. The molecule has 0 saturated carbocycles. The normalized spacial score (nSPS) is 15.7. The van der Waals surface area contributed by atoms with Gasteiger partial charge in [0.25, 0.3) is 10.0 Å². The molecular weight excluding hydrogens is 233 g/mol. The van der Waals surface area contributed by atoms with Crippen molar-refractivity contribution in [1.29, 1.82) is 0 Å². The van der Waals surface area contributed by atoms with Crippen molar-refractivity contribution in [3.8, 4) is 0 Å². The molecule has 7 heteroatoms. The van der Waals surface area contributed by atoms with Crippen LogP contribution in [0, 0.1) is 0 Å². The molecule has 0 saturated heterocycles. The Kier molecular flexibility index (Phi) is 3.87. The lowest BCUT2D eigenvalue weighted by Crippen LogP contribution is -2.12. The van der Waals surface area contributed by atoms with Crippen LogP contribution in [0.4, 0.5) is 0 Å². The molecule has 0 aliphatic carbocycles. The predicted octanol–water partition coefficient (Wildman–Crippen LogP) is 0.823. The van der Waals surface area contributed by atoms with Gasteiger partial charge in [-0.05, 0) is 0 Å². The standard InChI is InChI=1S/C6H10N3O2PS.C2H6/c1-13(10,11)9-3-5-2-8(12)4-6(5)7-9;1-2/h3H,2,4,12H2,1H3;1-2H3. The third-order valence-electron chi connectivity index (χ3n) is 1.92. The van der Waals surface area contributed by atoms with E-state index in [0.29, 0.717) is 6.54 Å². The molecule has 1 atom stereocenters. The molecule has 1 aromatic rings. The molecule has 0 amide bonds. The SMILES string of the molecule is CC.CS(=O)(=O)n1cc2c(n1)CN(P)C2. The van der Waals surface area contributed by atoms with Gasteiger partial charge in [0.15, 0.2) is 0 Å². The second-order valence-electron chi connectivity index (χ2n) is 3.14. The van der Waals surface area contributed by atoms with Gasteiger partial charge in [-0.1, -0.05) is 23.2 Å². The Labute approximate surface area is 92.8 Å². The Morgan fingerprint density at radius 1 is 1.40 bits per heavy atom. The molecule has 86 valence electrons. The molecule has 0 radical (unpaired) electrons. The molecule has 5 nitrogen and oxygen atoms in total. The van der Waals surface area contributed by atoms with Gasteiger partial charge in [-0.15, -0.1) is 0 Å². The summed E-state index contributed by atoms with van der Waals surface area (Å²) in [7, 11) is -0.649. The Morgan fingerprint density at radius 3 is 2.47 bits per heavy atom. The molecule has 0 fully saturated rings. The third-order valence-corrected chi connectivity index (χ3v) is 3.15. The van der Waals surface area contributed by atoms with E-state index in [1.165, 1.54) is 0 Å². The summed E-state index contributed by atoms with van der Waals surface area (Å²) in [5.41, 5.74) is 1.83. The highest BCUT2D eigenvalue weighted by Crippen LogP contribution is 2.23. The van der Waals surface area contributed by atoms with Crippen LogP contribution in [0.2, 0.25) is 0 Å². The van der Waals surface area contributed by atoms with Crippen molar-refractivity contribution in [3.05, 3.63) is 17.5 Å². The van der Waals surface area contributed by atoms with Gasteiger partial charge in [-0.25, -0.2) is 8.42 Å². The van der Waals surface area contributed by atoms with Gasteiger partial charge < -0.3 is 0 Å². The number of hydrogen-bond donors (Lipinski definition) is 0. The van der Waals surface area contributed by atoms with Gasteiger partial charge in [0.2, 0.25) is 0 Å². The summed E-state index contributed by atoms with van der Waals surface area (Å²) in [5.74, 6) is 0. The first-order chi connectivity index (χ1) is 6.97. The average Bonchev–Trinajstić information content (AvgIpc) is 2.63. The van der Waals surface area contributed by atoms with E-state index in [1.54, 1.807) is 6.20 Å². The highest BCUT2D eigenvalue weighted by Gasteiger charge is 2.21. The van der Waals surface area contributed by atoms with Crippen LogP contribution < -0.4 is 0 Å². The Morgan fingerprint density at radius 2 is 2.00 bits per heavy atom. The van der Waals surface area contributed by atoms with Crippen molar-refractivity contribution in [2.45, 2.75) is 26.9 Å². The third kappa shape index (κ3) is 2.77. The van der Waals surface area contributed by atoms with Crippen LogP contribution >= 0.6 is 9.39 Å². The lowest BCUT2D eigenvalue weighted by Gasteiger charge is -2.04. The van der Waals surface area contributed by atoms with Crippen LogP contribution in [0.15, 0.2) is 6.20 Å². The topological polar surface area (TPSA) is 55.2 Å². The van der Waals surface area contributed by atoms with Crippen molar-refractivity contribution in [1.82, 2.24) is 13.9 Å². The van der Waals surface area contributed by atoms with Gasteiger partial charge in [-0.3, -0.25) is 4.67 Å². The Balaban J connectivity index is 0.000000531. The predicted molar refractivity (Wildman–Crippen MR) is 62.8 cm³/mol. The maximum atomic E-state index is 11.1. The molecule has 0 N–H and O–H groups in total. The molecule has 1 aliphatic rings. The van der Waals surface area contributed by atoms with Crippen LogP contribution in [0.5, 0.6) is 0 Å². The molecule has 0 bridgehead atoms. The van der Waals surface area contributed by atoms with E-state index in [4.69, 9.17) is 0 Å².